The summed E-state index contributed by atoms with van der Waals surface area (Å²) in [4.78, 5) is 22.0. The number of aromatic nitrogens is 5. The maximum Gasteiger partial charge on any atom is 0.351 e. The molecule has 4 heterocycles. The number of hydrogen-bond donors (Lipinski definition) is 0. The van der Waals surface area contributed by atoms with Gasteiger partial charge in [0.25, 0.3) is 0 Å². The van der Waals surface area contributed by atoms with Crippen LogP contribution in [0.15, 0.2) is 71.4 Å². The third kappa shape index (κ3) is 2.65. The van der Waals surface area contributed by atoms with Gasteiger partial charge in [-0.1, -0.05) is 6.07 Å². The molecule has 4 rings (SSSR count). The zero-order chi connectivity index (χ0) is 16.4. The Morgan fingerprint density at radius 3 is 2.58 bits per heavy atom. The molecule has 0 aliphatic rings. The molecule has 0 bridgehead atoms. The second kappa shape index (κ2) is 6.21. The van der Waals surface area contributed by atoms with Crippen molar-refractivity contribution in [3.05, 3.63) is 82.6 Å². The average Bonchev–Trinajstić information content (AvgIpc) is 3.26. The first-order chi connectivity index (χ1) is 11.8. The highest BCUT2D eigenvalue weighted by Crippen LogP contribution is 2.23. The van der Waals surface area contributed by atoms with Crippen molar-refractivity contribution < 1.29 is 0 Å². The molecule has 0 aliphatic heterocycles. The molecule has 24 heavy (non-hydrogen) atoms. The van der Waals surface area contributed by atoms with Crippen LogP contribution in [0.4, 0.5) is 0 Å². The van der Waals surface area contributed by atoms with Gasteiger partial charge in [-0.3, -0.25) is 9.97 Å². The highest BCUT2D eigenvalue weighted by atomic mass is 32.1. The summed E-state index contributed by atoms with van der Waals surface area (Å²) in [5.41, 5.74) is 1.48. The van der Waals surface area contributed by atoms with E-state index >= 15 is 0 Å². The SMILES string of the molecule is O=c1n(Cc2ccncc2)nc(-c2cccs2)n1-c1cccnc1. The molecule has 0 spiro atoms. The molecule has 0 fully saturated rings. The quantitative estimate of drug-likeness (QED) is 0.575. The highest BCUT2D eigenvalue weighted by Gasteiger charge is 2.17. The van der Waals surface area contributed by atoms with E-state index in [0.717, 1.165) is 10.4 Å². The molecule has 7 heteroatoms. The fourth-order valence-electron chi connectivity index (χ4n) is 2.46. The average molecular weight is 335 g/mol. The lowest BCUT2D eigenvalue weighted by molar-refractivity contribution is 0.653. The zero-order valence-corrected chi connectivity index (χ0v) is 13.4. The van der Waals surface area contributed by atoms with Crippen molar-refractivity contribution in [2.45, 2.75) is 6.54 Å². The van der Waals surface area contributed by atoms with Crippen LogP contribution < -0.4 is 5.69 Å². The Kier molecular flexibility index (Phi) is 3.76. The second-order valence-corrected chi connectivity index (χ2v) is 6.09. The van der Waals surface area contributed by atoms with Crippen LogP contribution in [0.2, 0.25) is 0 Å². The van der Waals surface area contributed by atoms with Crippen molar-refractivity contribution in [3.8, 4) is 16.4 Å². The Labute approximate surface area is 141 Å². The molecule has 4 aromatic heterocycles. The van der Waals surface area contributed by atoms with Crippen molar-refractivity contribution in [2.24, 2.45) is 0 Å². The van der Waals surface area contributed by atoms with Crippen LogP contribution in [0.3, 0.4) is 0 Å². The predicted molar refractivity (Wildman–Crippen MR) is 92.3 cm³/mol. The zero-order valence-electron chi connectivity index (χ0n) is 12.6. The Bertz CT molecular complexity index is 991. The van der Waals surface area contributed by atoms with Crippen LogP contribution in [0.25, 0.3) is 16.4 Å². The minimum atomic E-state index is -0.191. The van der Waals surface area contributed by atoms with Gasteiger partial charge in [-0.05, 0) is 41.3 Å². The van der Waals surface area contributed by atoms with Gasteiger partial charge in [0, 0.05) is 18.6 Å². The monoisotopic (exact) mass is 335 g/mol. The van der Waals surface area contributed by atoms with Crippen LogP contribution >= 0.6 is 11.3 Å². The minimum absolute atomic E-state index is 0.191. The molecule has 0 aliphatic carbocycles. The topological polar surface area (TPSA) is 65.6 Å². The molecular weight excluding hydrogens is 322 g/mol. The molecule has 0 aromatic carbocycles. The third-order valence-corrected chi connectivity index (χ3v) is 4.43. The molecular formula is C17H13N5OS. The van der Waals surface area contributed by atoms with Crippen molar-refractivity contribution >= 4 is 11.3 Å². The molecule has 0 atom stereocenters. The number of nitrogens with zero attached hydrogens (tertiary/aromatic N) is 5. The van der Waals surface area contributed by atoms with Gasteiger partial charge in [-0.2, -0.15) is 0 Å². The summed E-state index contributed by atoms with van der Waals surface area (Å²) < 4.78 is 3.07. The van der Waals surface area contributed by atoms with Gasteiger partial charge in [-0.15, -0.1) is 16.4 Å². The van der Waals surface area contributed by atoms with Gasteiger partial charge >= 0.3 is 5.69 Å². The van der Waals surface area contributed by atoms with Gasteiger partial charge in [-0.25, -0.2) is 14.0 Å². The van der Waals surface area contributed by atoms with Gasteiger partial charge in [0.05, 0.1) is 23.3 Å². The summed E-state index contributed by atoms with van der Waals surface area (Å²) in [5.74, 6) is 0.622. The maximum absolute atomic E-state index is 12.9. The van der Waals surface area contributed by atoms with Crippen LogP contribution in [0, 0.1) is 0 Å². The number of thiophene rings is 1. The first kappa shape index (κ1) is 14.5. The molecule has 0 saturated carbocycles. The fourth-order valence-corrected chi connectivity index (χ4v) is 3.15. The van der Waals surface area contributed by atoms with Gasteiger partial charge in [0.15, 0.2) is 5.82 Å². The lowest BCUT2D eigenvalue weighted by Crippen LogP contribution is -2.24. The normalized spacial score (nSPS) is 10.8. The highest BCUT2D eigenvalue weighted by molar-refractivity contribution is 7.13. The summed E-state index contributed by atoms with van der Waals surface area (Å²) in [6.07, 6.45) is 6.76. The lowest BCUT2D eigenvalue weighted by Gasteiger charge is -2.02. The second-order valence-electron chi connectivity index (χ2n) is 5.14. The standard InChI is InChI=1S/C17H13N5OS/c23-17-21(12-13-5-8-18-9-6-13)20-16(15-4-2-10-24-15)22(17)14-3-1-7-19-11-14/h1-11H,12H2. The van der Waals surface area contributed by atoms with E-state index in [9.17, 15) is 4.79 Å². The van der Waals surface area contributed by atoms with E-state index in [1.54, 1.807) is 46.8 Å². The molecule has 0 unspecified atom stereocenters. The van der Waals surface area contributed by atoms with Crippen LogP contribution in [0.5, 0.6) is 0 Å². The van der Waals surface area contributed by atoms with E-state index in [0.29, 0.717) is 18.1 Å². The Balaban J connectivity index is 1.87. The van der Waals surface area contributed by atoms with Crippen LogP contribution in [0.1, 0.15) is 5.56 Å². The van der Waals surface area contributed by atoms with Gasteiger partial charge < -0.3 is 0 Å². The van der Waals surface area contributed by atoms with Crippen LogP contribution in [-0.2, 0) is 6.54 Å². The molecule has 0 radical (unpaired) electrons. The van der Waals surface area contributed by atoms with Crippen molar-refractivity contribution in [1.29, 1.82) is 0 Å². The van der Waals surface area contributed by atoms with Crippen molar-refractivity contribution in [1.82, 2.24) is 24.3 Å². The summed E-state index contributed by atoms with van der Waals surface area (Å²) in [5, 5.41) is 6.52. The number of rotatable bonds is 4. The van der Waals surface area contributed by atoms with E-state index in [-0.39, 0.29) is 5.69 Å². The summed E-state index contributed by atoms with van der Waals surface area (Å²) in [7, 11) is 0. The van der Waals surface area contributed by atoms with E-state index < -0.39 is 0 Å². The molecule has 6 nitrogen and oxygen atoms in total. The summed E-state index contributed by atoms with van der Waals surface area (Å²) in [6.45, 7) is 0.396. The fraction of sp³-hybridized carbons (Fsp3) is 0.0588. The predicted octanol–water partition coefficient (Wildman–Crippen LogP) is 2.60. The Morgan fingerprint density at radius 1 is 1.00 bits per heavy atom. The van der Waals surface area contributed by atoms with E-state index in [4.69, 9.17) is 0 Å². The van der Waals surface area contributed by atoms with E-state index in [1.165, 1.54) is 4.68 Å². The molecule has 4 aromatic rings. The first-order valence-corrected chi connectivity index (χ1v) is 8.24. The molecule has 0 amide bonds. The summed E-state index contributed by atoms with van der Waals surface area (Å²) in [6, 6.07) is 11.3. The van der Waals surface area contributed by atoms with Crippen molar-refractivity contribution in [2.75, 3.05) is 0 Å². The Hall–Kier alpha value is -3.06. The largest absolute Gasteiger partial charge is 0.351 e. The Morgan fingerprint density at radius 2 is 1.88 bits per heavy atom. The third-order valence-electron chi connectivity index (χ3n) is 3.57. The molecule has 0 saturated heterocycles. The number of pyridine rings is 2. The van der Waals surface area contributed by atoms with Gasteiger partial charge in [0.2, 0.25) is 0 Å². The lowest BCUT2D eigenvalue weighted by atomic mass is 10.3. The molecule has 118 valence electrons. The maximum atomic E-state index is 12.9. The van der Waals surface area contributed by atoms with Crippen molar-refractivity contribution in [3.63, 3.8) is 0 Å². The number of hydrogen-bond acceptors (Lipinski definition) is 5. The molecule has 0 N–H and O–H groups in total. The first-order valence-electron chi connectivity index (χ1n) is 7.36. The summed E-state index contributed by atoms with van der Waals surface area (Å²) >= 11 is 1.55. The minimum Gasteiger partial charge on any atom is -0.265 e. The van der Waals surface area contributed by atoms with Crippen LogP contribution in [-0.4, -0.2) is 24.3 Å². The van der Waals surface area contributed by atoms with E-state index in [1.807, 2.05) is 35.7 Å². The van der Waals surface area contributed by atoms with E-state index in [2.05, 4.69) is 15.1 Å². The smallest absolute Gasteiger partial charge is 0.265 e. The van der Waals surface area contributed by atoms with Gasteiger partial charge in [0.1, 0.15) is 0 Å².